The van der Waals surface area contributed by atoms with Crippen molar-refractivity contribution in [3.8, 4) is 0 Å². The third-order valence-corrected chi connectivity index (χ3v) is 4.69. The van der Waals surface area contributed by atoms with Gasteiger partial charge in [0.15, 0.2) is 17.0 Å². The highest BCUT2D eigenvalue weighted by Crippen LogP contribution is 2.27. The summed E-state index contributed by atoms with van der Waals surface area (Å²) in [7, 11) is 0. The molecular weight excluding hydrogens is 350 g/mol. The Hall–Kier alpha value is -2.38. The zero-order valence-electron chi connectivity index (χ0n) is 14.8. The van der Waals surface area contributed by atoms with Crippen molar-refractivity contribution in [3.05, 3.63) is 35.6 Å². The average Bonchev–Trinajstić information content (AvgIpc) is 3.24. The molecule has 3 aromatic rings. The number of imidazole rings is 1. The topological polar surface area (TPSA) is 79.7 Å². The molecule has 3 N–H and O–H groups in total. The molecule has 1 aliphatic rings. The van der Waals surface area contributed by atoms with Crippen molar-refractivity contribution in [2.75, 3.05) is 23.7 Å². The van der Waals surface area contributed by atoms with Gasteiger partial charge in [0.25, 0.3) is 0 Å². The van der Waals surface area contributed by atoms with Crippen LogP contribution in [0.3, 0.4) is 0 Å². The number of benzene rings is 1. The highest BCUT2D eigenvalue weighted by atomic mass is 35.5. The van der Waals surface area contributed by atoms with E-state index in [9.17, 15) is 0 Å². The lowest BCUT2D eigenvalue weighted by atomic mass is 10.3. The normalized spacial score (nSPS) is 17.2. The van der Waals surface area contributed by atoms with E-state index in [1.165, 1.54) is 0 Å². The highest BCUT2D eigenvalue weighted by Gasteiger charge is 2.19. The molecule has 8 heteroatoms. The van der Waals surface area contributed by atoms with Crippen LogP contribution in [0, 0.1) is 0 Å². The number of hydrogen-bond donors (Lipinski definition) is 3. The lowest BCUT2D eigenvalue weighted by molar-refractivity contribution is 0.612. The Morgan fingerprint density at radius 3 is 2.92 bits per heavy atom. The lowest BCUT2D eigenvalue weighted by Gasteiger charge is -2.14. The van der Waals surface area contributed by atoms with Crippen LogP contribution in [0.4, 0.5) is 17.5 Å². The summed E-state index contributed by atoms with van der Waals surface area (Å²) >= 11 is 6.11. The van der Waals surface area contributed by atoms with Crippen LogP contribution in [0.25, 0.3) is 11.2 Å². The second-order valence-electron chi connectivity index (χ2n) is 6.78. The summed E-state index contributed by atoms with van der Waals surface area (Å²) in [5.74, 6) is 1.28. The van der Waals surface area contributed by atoms with E-state index in [0.717, 1.165) is 36.4 Å². The van der Waals surface area contributed by atoms with E-state index < -0.39 is 0 Å². The molecule has 0 amide bonds. The summed E-state index contributed by atoms with van der Waals surface area (Å²) in [6, 6.07) is 8.15. The Kier molecular flexibility index (Phi) is 4.65. The van der Waals surface area contributed by atoms with Gasteiger partial charge in [-0.25, -0.2) is 4.98 Å². The van der Waals surface area contributed by atoms with Gasteiger partial charge in [0.1, 0.15) is 0 Å². The van der Waals surface area contributed by atoms with E-state index in [0.29, 0.717) is 22.8 Å². The minimum absolute atomic E-state index is 0.259. The Morgan fingerprint density at radius 2 is 2.19 bits per heavy atom. The molecule has 0 unspecified atom stereocenters. The summed E-state index contributed by atoms with van der Waals surface area (Å²) in [6.45, 7) is 6.15. The smallest absolute Gasteiger partial charge is 0.227 e. The molecule has 0 radical (unpaired) electrons. The Labute approximate surface area is 157 Å². The maximum absolute atomic E-state index is 6.11. The molecule has 1 atom stereocenters. The molecule has 1 saturated heterocycles. The van der Waals surface area contributed by atoms with Gasteiger partial charge in [-0.15, -0.1) is 0 Å². The van der Waals surface area contributed by atoms with Gasteiger partial charge >= 0.3 is 0 Å². The Balaban J connectivity index is 1.75. The van der Waals surface area contributed by atoms with Crippen LogP contribution >= 0.6 is 11.6 Å². The van der Waals surface area contributed by atoms with Crippen LogP contribution in [-0.2, 0) is 0 Å². The van der Waals surface area contributed by atoms with Crippen molar-refractivity contribution in [2.45, 2.75) is 32.4 Å². The van der Waals surface area contributed by atoms with Crippen molar-refractivity contribution in [1.82, 2.24) is 24.8 Å². The van der Waals surface area contributed by atoms with Gasteiger partial charge in [-0.3, -0.25) is 0 Å². The second kappa shape index (κ2) is 7.09. The SMILES string of the molecule is CC(C)n1cnc2c(Nc3cccc(Cl)c3)nc(N[C@@H]3CCNC3)nc21. The molecule has 1 aliphatic heterocycles. The summed E-state index contributed by atoms with van der Waals surface area (Å²) in [6.07, 6.45) is 2.87. The van der Waals surface area contributed by atoms with E-state index in [4.69, 9.17) is 16.6 Å². The van der Waals surface area contributed by atoms with Crippen molar-refractivity contribution < 1.29 is 0 Å². The third kappa shape index (κ3) is 3.45. The van der Waals surface area contributed by atoms with Gasteiger partial charge in [0.2, 0.25) is 5.95 Å². The zero-order valence-corrected chi connectivity index (χ0v) is 15.6. The number of anilines is 3. The molecule has 26 heavy (non-hydrogen) atoms. The molecular formula is C18H22ClN7. The minimum Gasteiger partial charge on any atom is -0.350 e. The van der Waals surface area contributed by atoms with Crippen LogP contribution < -0.4 is 16.0 Å². The molecule has 1 fully saturated rings. The first-order valence-electron chi connectivity index (χ1n) is 8.84. The Bertz CT molecular complexity index is 915. The number of hydrogen-bond acceptors (Lipinski definition) is 6. The zero-order chi connectivity index (χ0) is 18.1. The second-order valence-corrected chi connectivity index (χ2v) is 7.22. The third-order valence-electron chi connectivity index (χ3n) is 4.46. The Morgan fingerprint density at radius 1 is 1.31 bits per heavy atom. The van der Waals surface area contributed by atoms with Gasteiger partial charge < -0.3 is 20.5 Å². The predicted octanol–water partition coefficient (Wildman–Crippen LogP) is 3.58. The first kappa shape index (κ1) is 17.1. The lowest BCUT2D eigenvalue weighted by Crippen LogP contribution is -2.23. The van der Waals surface area contributed by atoms with Gasteiger partial charge in [0.05, 0.1) is 6.33 Å². The van der Waals surface area contributed by atoms with Crippen molar-refractivity contribution in [1.29, 1.82) is 0 Å². The molecule has 1 aromatic carbocycles. The number of halogens is 1. The van der Waals surface area contributed by atoms with E-state index in [-0.39, 0.29) is 6.04 Å². The van der Waals surface area contributed by atoms with E-state index >= 15 is 0 Å². The maximum atomic E-state index is 6.11. The van der Waals surface area contributed by atoms with Crippen molar-refractivity contribution >= 4 is 40.2 Å². The monoisotopic (exact) mass is 371 g/mol. The molecule has 0 aliphatic carbocycles. The number of nitrogens with one attached hydrogen (secondary N) is 3. The van der Waals surface area contributed by atoms with Crippen molar-refractivity contribution in [3.63, 3.8) is 0 Å². The standard InChI is InChI=1S/C18H22ClN7/c1-11(2)26-10-21-15-16(22-13-5-3-4-12(19)8-13)24-18(25-17(15)26)23-14-6-7-20-9-14/h3-5,8,10-11,14,20H,6-7,9H2,1-2H3,(H2,22,23,24,25)/t14-/m1/s1. The minimum atomic E-state index is 0.259. The van der Waals surface area contributed by atoms with Crippen LogP contribution in [0.2, 0.25) is 5.02 Å². The molecule has 3 heterocycles. The fraction of sp³-hybridized carbons (Fsp3) is 0.389. The summed E-state index contributed by atoms with van der Waals surface area (Å²) in [5, 5.41) is 10.8. The fourth-order valence-electron chi connectivity index (χ4n) is 3.11. The molecule has 2 aromatic heterocycles. The largest absolute Gasteiger partial charge is 0.350 e. The van der Waals surface area contributed by atoms with Crippen molar-refractivity contribution in [2.24, 2.45) is 0 Å². The maximum Gasteiger partial charge on any atom is 0.227 e. The van der Waals surface area contributed by atoms with Gasteiger partial charge in [0, 0.05) is 29.3 Å². The number of rotatable bonds is 5. The summed E-state index contributed by atoms with van der Waals surface area (Å²) < 4.78 is 2.05. The predicted molar refractivity (Wildman–Crippen MR) is 105 cm³/mol. The number of nitrogens with zero attached hydrogens (tertiary/aromatic N) is 4. The van der Waals surface area contributed by atoms with Gasteiger partial charge in [-0.1, -0.05) is 17.7 Å². The van der Waals surface area contributed by atoms with E-state index in [1.807, 2.05) is 30.6 Å². The molecule has 0 saturated carbocycles. The molecule has 0 spiro atoms. The van der Waals surface area contributed by atoms with E-state index in [1.54, 1.807) is 0 Å². The van der Waals surface area contributed by atoms with E-state index in [2.05, 4.69) is 44.3 Å². The number of fused-ring (bicyclic) bond motifs is 1. The first-order chi connectivity index (χ1) is 12.6. The van der Waals surface area contributed by atoms with Gasteiger partial charge in [-0.05, 0) is 45.0 Å². The molecule has 4 rings (SSSR count). The van der Waals surface area contributed by atoms with Crippen LogP contribution in [0.1, 0.15) is 26.3 Å². The van der Waals surface area contributed by atoms with Crippen LogP contribution in [0.5, 0.6) is 0 Å². The van der Waals surface area contributed by atoms with Crippen LogP contribution in [0.15, 0.2) is 30.6 Å². The summed E-state index contributed by atoms with van der Waals surface area (Å²) in [4.78, 5) is 13.9. The van der Waals surface area contributed by atoms with Gasteiger partial charge in [-0.2, -0.15) is 9.97 Å². The quantitative estimate of drug-likeness (QED) is 0.636. The highest BCUT2D eigenvalue weighted by molar-refractivity contribution is 6.30. The summed E-state index contributed by atoms with van der Waals surface area (Å²) in [5.41, 5.74) is 2.42. The average molecular weight is 372 g/mol. The fourth-order valence-corrected chi connectivity index (χ4v) is 3.30. The number of aromatic nitrogens is 4. The first-order valence-corrected chi connectivity index (χ1v) is 9.22. The molecule has 7 nitrogen and oxygen atoms in total. The van der Waals surface area contributed by atoms with Crippen LogP contribution in [-0.4, -0.2) is 38.7 Å². The molecule has 0 bridgehead atoms. The molecule has 136 valence electrons.